The number of hydrogen-bond acceptors (Lipinski definition) is 5. The standard InChI is InChI=1S/C29H36N2O4.ClH/c1-3-4-5-6-7-8-9-22-21-10-11-25(33-2)28(30-13-15-32)24(21)18-31-14-12-20-16-26-27(35-19-34-26)17-23(20)29(22)31;/h10-11,16-18,32H,3-9,12-15,19H2,1-2H3;1H. The lowest BCUT2D eigenvalue weighted by atomic mass is 9.89. The molecule has 2 N–H and O–H groups in total. The van der Waals surface area contributed by atoms with Gasteiger partial charge in [-0.05, 0) is 48.1 Å². The highest BCUT2D eigenvalue weighted by molar-refractivity contribution is 6.00. The normalized spacial score (nSPS) is 13.2. The Labute approximate surface area is 220 Å². The van der Waals surface area contributed by atoms with Crippen molar-refractivity contribution < 1.29 is 36.3 Å². The number of ether oxygens (including phenoxy) is 3. The van der Waals surface area contributed by atoms with E-state index in [0.29, 0.717) is 13.3 Å². The molecular formula is C29H37ClN2O4. The van der Waals surface area contributed by atoms with E-state index in [9.17, 15) is 5.11 Å². The van der Waals surface area contributed by atoms with Gasteiger partial charge in [-0.25, -0.2) is 0 Å². The van der Waals surface area contributed by atoms with Crippen LogP contribution in [0.2, 0.25) is 0 Å². The average Bonchev–Trinajstić information content (AvgIpc) is 3.34. The number of anilines is 1. The molecule has 0 saturated heterocycles. The molecule has 0 spiro atoms. The van der Waals surface area contributed by atoms with E-state index >= 15 is 0 Å². The van der Waals surface area contributed by atoms with E-state index in [2.05, 4.69) is 41.2 Å². The fourth-order valence-electron chi connectivity index (χ4n) is 5.53. The topological polar surface area (TPSA) is 63.8 Å². The van der Waals surface area contributed by atoms with E-state index in [0.717, 1.165) is 47.7 Å². The number of aromatic nitrogens is 1. The number of aliphatic hydroxyl groups excluding tert-OH is 1. The molecule has 0 radical (unpaired) electrons. The van der Waals surface area contributed by atoms with E-state index < -0.39 is 0 Å². The number of pyridine rings is 1. The van der Waals surface area contributed by atoms with Crippen LogP contribution in [-0.4, -0.2) is 32.2 Å². The van der Waals surface area contributed by atoms with Gasteiger partial charge in [-0.2, -0.15) is 4.57 Å². The Morgan fingerprint density at radius 1 is 1.03 bits per heavy atom. The lowest BCUT2D eigenvalue weighted by Gasteiger charge is -2.21. The maximum Gasteiger partial charge on any atom is 0.231 e. The van der Waals surface area contributed by atoms with Crippen LogP contribution in [0.1, 0.15) is 56.6 Å². The van der Waals surface area contributed by atoms with Crippen molar-refractivity contribution in [2.24, 2.45) is 0 Å². The maximum atomic E-state index is 9.47. The van der Waals surface area contributed by atoms with Gasteiger partial charge in [0.25, 0.3) is 0 Å². The van der Waals surface area contributed by atoms with Crippen LogP contribution in [0.5, 0.6) is 17.2 Å². The lowest BCUT2D eigenvalue weighted by molar-refractivity contribution is -0.686. The minimum Gasteiger partial charge on any atom is -1.00 e. The smallest absolute Gasteiger partial charge is 0.231 e. The van der Waals surface area contributed by atoms with Crippen LogP contribution in [0.15, 0.2) is 30.5 Å². The summed E-state index contributed by atoms with van der Waals surface area (Å²) in [5.41, 5.74) is 6.21. The molecule has 0 aliphatic carbocycles. The van der Waals surface area contributed by atoms with Crippen LogP contribution in [0.25, 0.3) is 22.0 Å². The summed E-state index contributed by atoms with van der Waals surface area (Å²) in [4.78, 5) is 0. The Balaban J connectivity index is 0.00000304. The third-order valence-electron chi connectivity index (χ3n) is 7.28. The van der Waals surface area contributed by atoms with E-state index in [1.165, 1.54) is 66.3 Å². The predicted octanol–water partition coefficient (Wildman–Crippen LogP) is 2.40. The Morgan fingerprint density at radius 3 is 2.58 bits per heavy atom. The van der Waals surface area contributed by atoms with Crippen LogP contribution in [0.4, 0.5) is 5.69 Å². The molecule has 3 aromatic rings. The molecule has 3 heterocycles. The number of methoxy groups -OCH3 is 1. The Hall–Kier alpha value is -2.70. The molecule has 36 heavy (non-hydrogen) atoms. The molecule has 0 fully saturated rings. The summed E-state index contributed by atoms with van der Waals surface area (Å²) in [6.07, 6.45) is 11.8. The fraction of sp³-hybridized carbons (Fsp3) is 0.483. The highest BCUT2D eigenvalue weighted by atomic mass is 35.5. The fourth-order valence-corrected chi connectivity index (χ4v) is 5.53. The second kappa shape index (κ2) is 12.0. The zero-order chi connectivity index (χ0) is 24.2. The minimum atomic E-state index is 0. The Morgan fingerprint density at radius 2 is 1.81 bits per heavy atom. The van der Waals surface area contributed by atoms with Crippen molar-refractivity contribution >= 4 is 16.5 Å². The SMILES string of the molecule is CCCCCCCCc1c2[n+](cc3c(NCCO)c(OC)ccc13)CCc1cc3c(cc1-2)OCO3.[Cl-]. The summed E-state index contributed by atoms with van der Waals surface area (Å²) in [6.45, 7) is 4.02. The molecule has 2 aliphatic rings. The first-order chi connectivity index (χ1) is 17.2. The molecule has 0 unspecified atom stereocenters. The van der Waals surface area contributed by atoms with Crippen molar-refractivity contribution in [1.82, 2.24) is 0 Å². The van der Waals surface area contributed by atoms with Gasteiger partial charge in [0.05, 0.1) is 30.4 Å². The molecule has 5 rings (SSSR count). The van der Waals surface area contributed by atoms with Gasteiger partial charge in [0.2, 0.25) is 12.5 Å². The number of nitrogens with one attached hydrogen (secondary N) is 1. The molecule has 0 bridgehead atoms. The minimum absolute atomic E-state index is 0. The van der Waals surface area contributed by atoms with Gasteiger partial charge in [0.15, 0.2) is 24.2 Å². The molecule has 2 aromatic carbocycles. The summed E-state index contributed by atoms with van der Waals surface area (Å²) in [7, 11) is 1.70. The Bertz CT molecular complexity index is 1210. The Kier molecular flexibility index (Phi) is 8.81. The summed E-state index contributed by atoms with van der Waals surface area (Å²) in [6, 6.07) is 8.59. The number of nitrogens with zero attached hydrogens (tertiary/aromatic N) is 1. The van der Waals surface area contributed by atoms with Gasteiger partial charge < -0.3 is 37.0 Å². The number of unbranched alkanes of at least 4 members (excludes halogenated alkanes) is 5. The molecule has 0 amide bonds. The summed E-state index contributed by atoms with van der Waals surface area (Å²) in [5, 5.41) is 15.3. The van der Waals surface area contributed by atoms with E-state index in [1.807, 2.05) is 6.07 Å². The van der Waals surface area contributed by atoms with E-state index in [4.69, 9.17) is 14.2 Å². The van der Waals surface area contributed by atoms with Crippen molar-refractivity contribution in [3.63, 3.8) is 0 Å². The number of aliphatic hydroxyl groups is 1. The molecule has 0 atom stereocenters. The van der Waals surface area contributed by atoms with Gasteiger partial charge in [0, 0.05) is 18.5 Å². The first-order valence-corrected chi connectivity index (χ1v) is 13.1. The number of benzene rings is 2. The zero-order valence-electron chi connectivity index (χ0n) is 21.4. The van der Waals surface area contributed by atoms with Crippen molar-refractivity contribution in [3.05, 3.63) is 41.6 Å². The molecule has 7 heteroatoms. The van der Waals surface area contributed by atoms with E-state index in [1.54, 1.807) is 7.11 Å². The summed E-state index contributed by atoms with van der Waals surface area (Å²) in [5.74, 6) is 2.50. The number of rotatable bonds is 11. The highest BCUT2D eigenvalue weighted by Crippen LogP contribution is 2.43. The first-order valence-electron chi connectivity index (χ1n) is 13.1. The maximum absolute atomic E-state index is 9.47. The van der Waals surface area contributed by atoms with Crippen LogP contribution < -0.4 is 36.5 Å². The quantitative estimate of drug-likeness (QED) is 0.305. The van der Waals surface area contributed by atoms with Crippen molar-refractivity contribution in [1.29, 1.82) is 0 Å². The van der Waals surface area contributed by atoms with Crippen LogP contribution in [0.3, 0.4) is 0 Å². The third kappa shape index (κ3) is 5.07. The highest BCUT2D eigenvalue weighted by Gasteiger charge is 2.32. The monoisotopic (exact) mass is 512 g/mol. The second-order valence-corrected chi connectivity index (χ2v) is 9.53. The zero-order valence-corrected chi connectivity index (χ0v) is 22.1. The van der Waals surface area contributed by atoms with Crippen molar-refractivity contribution in [2.75, 3.05) is 32.4 Å². The van der Waals surface area contributed by atoms with Gasteiger partial charge in [0.1, 0.15) is 5.75 Å². The number of halogens is 1. The molecule has 2 aliphatic heterocycles. The van der Waals surface area contributed by atoms with Gasteiger partial charge in [-0.1, -0.05) is 39.0 Å². The van der Waals surface area contributed by atoms with Gasteiger partial charge in [-0.3, -0.25) is 0 Å². The molecular weight excluding hydrogens is 476 g/mol. The van der Waals surface area contributed by atoms with Crippen molar-refractivity contribution in [3.8, 4) is 28.5 Å². The lowest BCUT2D eigenvalue weighted by Crippen LogP contribution is -3.00. The summed E-state index contributed by atoms with van der Waals surface area (Å²) < 4.78 is 19.5. The van der Waals surface area contributed by atoms with Crippen LogP contribution >= 0.6 is 0 Å². The molecule has 6 nitrogen and oxygen atoms in total. The molecule has 194 valence electrons. The predicted molar refractivity (Wildman–Crippen MR) is 139 cm³/mol. The van der Waals surface area contributed by atoms with Crippen LogP contribution in [-0.2, 0) is 19.4 Å². The van der Waals surface area contributed by atoms with Crippen molar-refractivity contribution in [2.45, 2.75) is 64.8 Å². The molecule has 1 aromatic heterocycles. The number of hydrogen-bond donors (Lipinski definition) is 2. The molecule has 0 saturated carbocycles. The first kappa shape index (κ1) is 26.4. The summed E-state index contributed by atoms with van der Waals surface area (Å²) >= 11 is 0. The van der Waals surface area contributed by atoms with Gasteiger partial charge in [-0.15, -0.1) is 0 Å². The largest absolute Gasteiger partial charge is 1.00 e. The number of aryl methyl sites for hydroxylation is 3. The van der Waals surface area contributed by atoms with Gasteiger partial charge >= 0.3 is 0 Å². The van der Waals surface area contributed by atoms with Crippen LogP contribution in [0, 0.1) is 0 Å². The second-order valence-electron chi connectivity index (χ2n) is 9.53. The third-order valence-corrected chi connectivity index (χ3v) is 7.28. The number of fused-ring (bicyclic) bond motifs is 5. The van der Waals surface area contributed by atoms with E-state index in [-0.39, 0.29) is 19.0 Å². The average molecular weight is 513 g/mol.